The average molecular weight is 895 g/mol. The van der Waals surface area contributed by atoms with Crippen LogP contribution in [0.1, 0.15) is 0 Å². The van der Waals surface area contributed by atoms with Crippen LogP contribution in [0.25, 0.3) is 89.1 Å². The van der Waals surface area contributed by atoms with Crippen LogP contribution in [0.3, 0.4) is 0 Å². The zero-order valence-electron chi connectivity index (χ0n) is 37.9. The van der Waals surface area contributed by atoms with Crippen molar-refractivity contribution in [3.05, 3.63) is 255 Å². The Morgan fingerprint density at radius 3 is 1.27 bits per heavy atom. The molecule has 1 aliphatic rings. The lowest BCUT2D eigenvalue weighted by Gasteiger charge is -2.32. The number of benzene rings is 10. The Labute approximate surface area is 406 Å². The second-order valence-electron chi connectivity index (χ2n) is 17.4. The number of aromatic nitrogens is 4. The van der Waals surface area contributed by atoms with E-state index in [1.54, 1.807) is 0 Å². The third-order valence-corrected chi connectivity index (χ3v) is 13.3. The molecule has 0 aliphatic carbocycles. The van der Waals surface area contributed by atoms with E-state index in [4.69, 9.17) is 19.9 Å². The second kappa shape index (κ2) is 17.3. The number of para-hydroxylation sites is 2. The van der Waals surface area contributed by atoms with Crippen molar-refractivity contribution in [2.75, 3.05) is 9.80 Å². The standard InChI is InChI=1S/C64H42N6/c1-5-17-43(18-6-1)45-29-35-50(36-30-45)69(51-37-31-46(32-38-51)44-19-7-2-8-20-44)52-39-33-47(34-40-52)53-41-42-58-60-59(53)54-25-13-15-27-56(54)65-61(60)55-26-14-16-28-57(55)70(58)64-67-62(48-21-9-3-10-22-48)66-63(68-64)49-23-11-4-12-24-49/h1-42H. The van der Waals surface area contributed by atoms with Gasteiger partial charge in [-0.2, -0.15) is 9.97 Å². The Morgan fingerprint density at radius 1 is 0.286 bits per heavy atom. The van der Waals surface area contributed by atoms with Gasteiger partial charge in [-0.05, 0) is 88.0 Å². The van der Waals surface area contributed by atoms with E-state index in [1.807, 2.05) is 60.7 Å². The maximum atomic E-state index is 5.44. The van der Waals surface area contributed by atoms with Crippen LogP contribution < -0.4 is 9.80 Å². The summed E-state index contributed by atoms with van der Waals surface area (Å²) in [6, 6.07) is 89.4. The predicted octanol–water partition coefficient (Wildman–Crippen LogP) is 16.8. The lowest BCUT2D eigenvalue weighted by Crippen LogP contribution is -2.19. The van der Waals surface area contributed by atoms with Crippen molar-refractivity contribution >= 4 is 56.1 Å². The van der Waals surface area contributed by atoms with E-state index >= 15 is 0 Å². The normalized spacial score (nSPS) is 11.7. The van der Waals surface area contributed by atoms with Crippen LogP contribution in [0.5, 0.6) is 0 Å². The highest BCUT2D eigenvalue weighted by Gasteiger charge is 2.31. The lowest BCUT2D eigenvalue weighted by molar-refractivity contribution is 1.02. The van der Waals surface area contributed by atoms with Crippen molar-refractivity contribution in [2.24, 2.45) is 0 Å². The van der Waals surface area contributed by atoms with Crippen molar-refractivity contribution in [2.45, 2.75) is 0 Å². The highest BCUT2D eigenvalue weighted by molar-refractivity contribution is 6.24. The molecule has 0 N–H and O–H groups in total. The van der Waals surface area contributed by atoms with Gasteiger partial charge in [0, 0.05) is 49.9 Å². The molecule has 10 aromatic carbocycles. The number of fused-ring (bicyclic) bond motifs is 4. The van der Waals surface area contributed by atoms with Gasteiger partial charge in [0.1, 0.15) is 0 Å². The van der Waals surface area contributed by atoms with Gasteiger partial charge in [-0.15, -0.1) is 0 Å². The van der Waals surface area contributed by atoms with E-state index in [1.165, 1.54) is 22.3 Å². The number of hydrogen-bond donors (Lipinski definition) is 0. The molecule has 3 heterocycles. The third-order valence-electron chi connectivity index (χ3n) is 13.3. The van der Waals surface area contributed by atoms with E-state index in [0.717, 1.165) is 83.6 Å². The van der Waals surface area contributed by atoms with Gasteiger partial charge in [0.05, 0.1) is 22.6 Å². The molecule has 0 saturated carbocycles. The molecule has 0 unspecified atom stereocenters. The Hall–Kier alpha value is -9.52. The van der Waals surface area contributed by atoms with Gasteiger partial charge in [-0.1, -0.05) is 200 Å². The second-order valence-corrected chi connectivity index (χ2v) is 17.4. The first-order chi connectivity index (χ1) is 34.7. The van der Waals surface area contributed by atoms with Crippen LogP contribution >= 0.6 is 0 Å². The summed E-state index contributed by atoms with van der Waals surface area (Å²) in [5.74, 6) is 1.74. The summed E-state index contributed by atoms with van der Waals surface area (Å²) in [5.41, 5.74) is 16.7. The summed E-state index contributed by atoms with van der Waals surface area (Å²) in [7, 11) is 0. The fraction of sp³-hybridized carbons (Fsp3) is 0. The van der Waals surface area contributed by atoms with Gasteiger partial charge < -0.3 is 4.90 Å². The van der Waals surface area contributed by atoms with Crippen molar-refractivity contribution < 1.29 is 0 Å². The van der Waals surface area contributed by atoms with Gasteiger partial charge in [0.15, 0.2) is 11.6 Å². The first-order valence-electron chi connectivity index (χ1n) is 23.6. The molecule has 0 amide bonds. The van der Waals surface area contributed by atoms with Gasteiger partial charge in [0.2, 0.25) is 5.95 Å². The maximum absolute atomic E-state index is 5.44. The predicted molar refractivity (Wildman–Crippen MR) is 288 cm³/mol. The van der Waals surface area contributed by atoms with E-state index in [-0.39, 0.29) is 0 Å². The molecule has 70 heavy (non-hydrogen) atoms. The summed E-state index contributed by atoms with van der Waals surface area (Å²) >= 11 is 0. The zero-order chi connectivity index (χ0) is 46.4. The number of anilines is 6. The zero-order valence-corrected chi connectivity index (χ0v) is 37.9. The van der Waals surface area contributed by atoms with Crippen LogP contribution in [-0.2, 0) is 0 Å². The smallest absolute Gasteiger partial charge is 0.238 e. The Kier molecular flexibility index (Phi) is 10.1. The lowest BCUT2D eigenvalue weighted by atomic mass is 9.89. The fourth-order valence-corrected chi connectivity index (χ4v) is 9.91. The first kappa shape index (κ1) is 40.7. The summed E-state index contributed by atoms with van der Waals surface area (Å²) in [4.78, 5) is 25.5. The summed E-state index contributed by atoms with van der Waals surface area (Å²) < 4.78 is 0. The van der Waals surface area contributed by atoms with Crippen LogP contribution in [-0.4, -0.2) is 19.9 Å². The molecule has 0 atom stereocenters. The first-order valence-corrected chi connectivity index (χ1v) is 23.6. The third kappa shape index (κ3) is 7.23. The molecule has 0 radical (unpaired) electrons. The van der Waals surface area contributed by atoms with Crippen LogP contribution in [0.15, 0.2) is 255 Å². The molecule has 12 aromatic rings. The fourth-order valence-electron chi connectivity index (χ4n) is 9.91. The molecule has 1 aliphatic heterocycles. The highest BCUT2D eigenvalue weighted by atomic mass is 15.3. The largest absolute Gasteiger partial charge is 0.311 e. The summed E-state index contributed by atoms with van der Waals surface area (Å²) in [5, 5.41) is 3.24. The number of rotatable bonds is 9. The van der Waals surface area contributed by atoms with Gasteiger partial charge in [-0.25, -0.2) is 9.97 Å². The molecule has 6 heteroatoms. The number of pyridine rings is 1. The SMILES string of the molecule is c1ccc(-c2ccc(N(c3ccc(-c4ccccc4)cc3)c3ccc(-c4ccc5c6c(nc7ccccc7c46)-c4ccccc4N5c4nc(-c5ccccc5)nc(-c5ccccc5)n4)cc3)cc2)cc1. The van der Waals surface area contributed by atoms with E-state index in [9.17, 15) is 0 Å². The quantitative estimate of drug-likeness (QED) is 0.135. The molecular formula is C64H42N6. The minimum absolute atomic E-state index is 0.533. The highest BCUT2D eigenvalue weighted by Crippen LogP contribution is 2.53. The van der Waals surface area contributed by atoms with Crippen molar-refractivity contribution in [3.63, 3.8) is 0 Å². The Balaban J connectivity index is 0.970. The van der Waals surface area contributed by atoms with Gasteiger partial charge >= 0.3 is 0 Å². The van der Waals surface area contributed by atoms with E-state index in [2.05, 4.69) is 204 Å². The minimum atomic E-state index is 0.533. The Morgan fingerprint density at radius 2 is 0.729 bits per heavy atom. The number of nitrogens with zero attached hydrogens (tertiary/aromatic N) is 6. The Bertz CT molecular complexity index is 3710. The van der Waals surface area contributed by atoms with E-state index in [0.29, 0.717) is 17.6 Å². The van der Waals surface area contributed by atoms with E-state index < -0.39 is 0 Å². The molecule has 0 spiro atoms. The van der Waals surface area contributed by atoms with Crippen LogP contribution in [0, 0.1) is 0 Å². The molecule has 13 rings (SSSR count). The summed E-state index contributed by atoms with van der Waals surface area (Å²) in [6.45, 7) is 0. The van der Waals surface area contributed by atoms with Gasteiger partial charge in [-0.3, -0.25) is 4.90 Å². The van der Waals surface area contributed by atoms with Crippen molar-refractivity contribution in [1.82, 2.24) is 19.9 Å². The topological polar surface area (TPSA) is 58.0 Å². The maximum Gasteiger partial charge on any atom is 0.238 e. The average Bonchev–Trinajstić information content (AvgIpc) is 3.44. The van der Waals surface area contributed by atoms with Crippen molar-refractivity contribution in [3.8, 4) is 67.4 Å². The van der Waals surface area contributed by atoms with Crippen LogP contribution in [0.4, 0.5) is 34.4 Å². The number of hydrogen-bond acceptors (Lipinski definition) is 6. The molecule has 0 fully saturated rings. The summed E-state index contributed by atoms with van der Waals surface area (Å²) in [6.07, 6.45) is 0. The minimum Gasteiger partial charge on any atom is -0.311 e. The van der Waals surface area contributed by atoms with Gasteiger partial charge in [0.25, 0.3) is 0 Å². The monoisotopic (exact) mass is 894 g/mol. The molecule has 6 nitrogen and oxygen atoms in total. The van der Waals surface area contributed by atoms with Crippen LogP contribution in [0.2, 0.25) is 0 Å². The molecule has 328 valence electrons. The van der Waals surface area contributed by atoms with Crippen molar-refractivity contribution in [1.29, 1.82) is 0 Å². The molecule has 2 aromatic heterocycles. The molecule has 0 bridgehead atoms. The molecule has 0 saturated heterocycles. The molecular weight excluding hydrogens is 853 g/mol.